The van der Waals surface area contributed by atoms with Crippen molar-refractivity contribution in [3.05, 3.63) is 71.4 Å². The SMILES string of the molecule is COc1ccc(C(CCO)C(=O)N(CC(=O)Nc2[nH]c(-c3ccc(F)s3)nc2-c2ccccc2)C(C)C)cc1OC. The van der Waals surface area contributed by atoms with Crippen molar-refractivity contribution in [3.8, 4) is 33.5 Å². The molecular weight excluding hydrogens is 547 g/mol. The molecule has 0 aliphatic carbocycles. The molecule has 2 heterocycles. The highest BCUT2D eigenvalue weighted by atomic mass is 32.1. The highest BCUT2D eigenvalue weighted by Crippen LogP contribution is 2.34. The number of aliphatic hydroxyl groups is 1. The van der Waals surface area contributed by atoms with Crippen molar-refractivity contribution in [1.82, 2.24) is 14.9 Å². The van der Waals surface area contributed by atoms with Gasteiger partial charge in [-0.05, 0) is 50.1 Å². The summed E-state index contributed by atoms with van der Waals surface area (Å²) in [5, 5.41) is 12.3. The molecule has 1 unspecified atom stereocenters. The normalized spacial score (nSPS) is 11.8. The van der Waals surface area contributed by atoms with E-state index in [1.165, 1.54) is 25.2 Å². The van der Waals surface area contributed by atoms with Crippen molar-refractivity contribution in [2.45, 2.75) is 32.2 Å². The van der Waals surface area contributed by atoms with Crippen LogP contribution in [0.1, 0.15) is 31.7 Å². The van der Waals surface area contributed by atoms with Gasteiger partial charge < -0.3 is 29.8 Å². The fourth-order valence-corrected chi connectivity index (χ4v) is 5.18. The standard InChI is InChI=1S/C30H33FN4O5S/c1-18(2)35(30(38)21(14-15-36)20-10-11-22(39-3)23(16-20)40-4)17-26(37)32-29-27(19-8-6-5-7-9-19)33-28(34-29)24-12-13-25(31)41-24/h5-13,16,18,21,36H,14-15,17H2,1-4H3,(H,32,37)(H,33,34). The van der Waals surface area contributed by atoms with Crippen LogP contribution in [0, 0.1) is 5.13 Å². The lowest BCUT2D eigenvalue weighted by atomic mass is 9.93. The number of nitrogens with one attached hydrogen (secondary N) is 2. The number of thiophene rings is 1. The third-order valence-electron chi connectivity index (χ3n) is 6.57. The molecule has 9 nitrogen and oxygen atoms in total. The Morgan fingerprint density at radius 2 is 1.80 bits per heavy atom. The average Bonchev–Trinajstić information content (AvgIpc) is 3.60. The number of amides is 2. The molecule has 0 aliphatic heterocycles. The number of aliphatic hydroxyl groups excluding tert-OH is 1. The van der Waals surface area contributed by atoms with Crippen molar-refractivity contribution in [2.75, 3.05) is 32.7 Å². The number of anilines is 1. The molecule has 0 bridgehead atoms. The fraction of sp³-hybridized carbons (Fsp3) is 0.300. The van der Waals surface area contributed by atoms with Crippen LogP contribution in [0.25, 0.3) is 22.0 Å². The molecule has 2 amide bonds. The molecule has 216 valence electrons. The third kappa shape index (κ3) is 6.93. The van der Waals surface area contributed by atoms with Gasteiger partial charge in [0.05, 0.1) is 25.0 Å². The summed E-state index contributed by atoms with van der Waals surface area (Å²) in [5.74, 6) is 0.288. The number of imidazole rings is 1. The molecule has 0 saturated carbocycles. The molecule has 4 aromatic rings. The first-order valence-electron chi connectivity index (χ1n) is 13.1. The molecule has 2 aromatic carbocycles. The van der Waals surface area contributed by atoms with Crippen LogP contribution >= 0.6 is 11.3 Å². The van der Waals surface area contributed by atoms with E-state index in [-0.39, 0.29) is 36.7 Å². The number of aromatic nitrogens is 2. The summed E-state index contributed by atoms with van der Waals surface area (Å²) in [4.78, 5) is 37.0. The van der Waals surface area contributed by atoms with Crippen LogP contribution in [0.5, 0.6) is 11.5 Å². The fourth-order valence-electron chi connectivity index (χ4n) is 4.51. The highest BCUT2D eigenvalue weighted by molar-refractivity contribution is 7.13. The predicted molar refractivity (Wildman–Crippen MR) is 157 cm³/mol. The number of rotatable bonds is 12. The lowest BCUT2D eigenvalue weighted by Crippen LogP contribution is -2.45. The monoisotopic (exact) mass is 580 g/mol. The molecule has 3 N–H and O–H groups in total. The Hall–Kier alpha value is -4.22. The van der Waals surface area contributed by atoms with Crippen molar-refractivity contribution in [1.29, 1.82) is 0 Å². The first-order chi connectivity index (χ1) is 19.7. The molecule has 41 heavy (non-hydrogen) atoms. The van der Waals surface area contributed by atoms with Crippen molar-refractivity contribution < 1.29 is 28.6 Å². The number of halogens is 1. The van der Waals surface area contributed by atoms with E-state index in [0.29, 0.717) is 39.3 Å². The van der Waals surface area contributed by atoms with Crippen molar-refractivity contribution in [3.63, 3.8) is 0 Å². The lowest BCUT2D eigenvalue weighted by molar-refractivity contribution is -0.138. The van der Waals surface area contributed by atoms with Gasteiger partial charge in [-0.25, -0.2) is 4.98 Å². The van der Waals surface area contributed by atoms with Crippen molar-refractivity contribution >= 4 is 29.0 Å². The molecule has 0 aliphatic rings. The van der Waals surface area contributed by atoms with Gasteiger partial charge in [0.2, 0.25) is 11.8 Å². The smallest absolute Gasteiger partial charge is 0.245 e. The van der Waals surface area contributed by atoms with Crippen LogP contribution in [-0.2, 0) is 9.59 Å². The quantitative estimate of drug-likeness (QED) is 0.209. The first kappa shape index (κ1) is 29.8. The summed E-state index contributed by atoms with van der Waals surface area (Å²) in [6.07, 6.45) is 0.165. The first-order valence-corrected chi connectivity index (χ1v) is 13.9. The zero-order valence-corrected chi connectivity index (χ0v) is 24.1. The number of aromatic amines is 1. The van der Waals surface area contributed by atoms with Gasteiger partial charge in [-0.1, -0.05) is 36.4 Å². The Morgan fingerprint density at radius 3 is 2.41 bits per heavy atom. The summed E-state index contributed by atoms with van der Waals surface area (Å²) in [6.45, 7) is 3.20. The Balaban J connectivity index is 1.60. The van der Waals surface area contributed by atoms with Crippen LogP contribution < -0.4 is 14.8 Å². The summed E-state index contributed by atoms with van der Waals surface area (Å²) >= 11 is 0.943. The van der Waals surface area contributed by atoms with Gasteiger partial charge in [0.15, 0.2) is 16.6 Å². The largest absolute Gasteiger partial charge is 0.493 e. The van der Waals surface area contributed by atoms with Gasteiger partial charge in [-0.15, -0.1) is 11.3 Å². The predicted octanol–water partition coefficient (Wildman–Crippen LogP) is 5.30. The summed E-state index contributed by atoms with van der Waals surface area (Å²) in [6, 6.07) is 17.1. The van der Waals surface area contributed by atoms with Crippen LogP contribution in [0.2, 0.25) is 0 Å². The summed E-state index contributed by atoms with van der Waals surface area (Å²) in [5.41, 5.74) is 1.89. The number of nitrogens with zero attached hydrogens (tertiary/aromatic N) is 2. The number of hydrogen-bond acceptors (Lipinski definition) is 7. The molecule has 0 spiro atoms. The molecule has 1 atom stereocenters. The van der Waals surface area contributed by atoms with Gasteiger partial charge in [0.25, 0.3) is 0 Å². The average molecular weight is 581 g/mol. The Labute approximate surface area is 242 Å². The van der Waals surface area contributed by atoms with Crippen LogP contribution in [0.4, 0.5) is 10.2 Å². The molecule has 11 heteroatoms. The summed E-state index contributed by atoms with van der Waals surface area (Å²) in [7, 11) is 3.03. The second kappa shape index (κ2) is 13.4. The summed E-state index contributed by atoms with van der Waals surface area (Å²) < 4.78 is 24.4. The number of H-pyrrole nitrogens is 1. The van der Waals surface area contributed by atoms with Gasteiger partial charge in [0.1, 0.15) is 23.9 Å². The maximum absolute atomic E-state index is 13.8. The minimum Gasteiger partial charge on any atom is -0.493 e. The van der Waals surface area contributed by atoms with Gasteiger partial charge in [-0.3, -0.25) is 9.59 Å². The number of benzene rings is 2. The maximum atomic E-state index is 13.8. The minimum atomic E-state index is -0.706. The molecule has 0 fully saturated rings. The van der Waals surface area contributed by atoms with E-state index >= 15 is 0 Å². The second-order valence-corrected chi connectivity index (χ2v) is 10.6. The zero-order valence-electron chi connectivity index (χ0n) is 23.3. The van der Waals surface area contributed by atoms with Crippen molar-refractivity contribution in [2.24, 2.45) is 0 Å². The van der Waals surface area contributed by atoms with Crippen LogP contribution in [-0.4, -0.2) is 65.2 Å². The van der Waals surface area contributed by atoms with E-state index in [1.54, 1.807) is 24.3 Å². The van der Waals surface area contributed by atoms with Gasteiger partial charge >= 0.3 is 0 Å². The van der Waals surface area contributed by atoms with Gasteiger partial charge in [0, 0.05) is 18.2 Å². The molecular formula is C30H33FN4O5S. The van der Waals surface area contributed by atoms with E-state index in [1.807, 2.05) is 44.2 Å². The maximum Gasteiger partial charge on any atom is 0.245 e. The Bertz CT molecular complexity index is 1490. The number of hydrogen-bond donors (Lipinski definition) is 3. The number of ether oxygens (including phenoxy) is 2. The lowest BCUT2D eigenvalue weighted by Gasteiger charge is -2.30. The van der Waals surface area contributed by atoms with E-state index in [0.717, 1.165) is 16.9 Å². The third-order valence-corrected chi connectivity index (χ3v) is 7.45. The zero-order chi connectivity index (χ0) is 29.5. The Kier molecular flexibility index (Phi) is 9.74. The molecule has 0 saturated heterocycles. The Morgan fingerprint density at radius 1 is 1.07 bits per heavy atom. The van der Waals surface area contributed by atoms with E-state index in [2.05, 4.69) is 15.3 Å². The van der Waals surface area contributed by atoms with Crippen LogP contribution in [0.15, 0.2) is 60.7 Å². The molecule has 0 radical (unpaired) electrons. The van der Waals surface area contributed by atoms with E-state index in [9.17, 15) is 19.1 Å². The number of carbonyl (C=O) groups is 2. The van der Waals surface area contributed by atoms with E-state index in [4.69, 9.17) is 9.47 Å². The topological polar surface area (TPSA) is 117 Å². The van der Waals surface area contributed by atoms with Crippen LogP contribution in [0.3, 0.4) is 0 Å². The highest BCUT2D eigenvalue weighted by Gasteiger charge is 2.30. The van der Waals surface area contributed by atoms with E-state index < -0.39 is 11.8 Å². The minimum absolute atomic E-state index is 0.165. The second-order valence-electron chi connectivity index (χ2n) is 9.57. The van der Waals surface area contributed by atoms with Gasteiger partial charge in [-0.2, -0.15) is 4.39 Å². The molecule has 4 rings (SSSR count). The molecule has 2 aromatic heterocycles. The number of carbonyl (C=O) groups excluding carboxylic acids is 2. The number of methoxy groups -OCH3 is 2.